The molecule has 0 saturated carbocycles. The van der Waals surface area contributed by atoms with Gasteiger partial charge >= 0.3 is 70.1 Å². The number of rotatable bonds is 2. The molecule has 0 spiro atoms. The van der Waals surface area contributed by atoms with Gasteiger partial charge in [0.1, 0.15) is 0 Å². The topological polar surface area (TPSA) is 6.48 Å². The van der Waals surface area contributed by atoms with Gasteiger partial charge in [-0.1, -0.05) is 0 Å². The van der Waals surface area contributed by atoms with E-state index in [0.29, 0.717) is 0 Å². The van der Waals surface area contributed by atoms with E-state index in [0.717, 1.165) is 0 Å². The molecule has 2 nitrogen and oxygen atoms in total. The maximum atomic E-state index is 3.09. The molecule has 0 N–H and O–H groups in total. The Balaban J connectivity index is 2.40. The quantitative estimate of drug-likeness (QED) is 0.581. The fourth-order valence-corrected chi connectivity index (χ4v) is 1.57. The minimum absolute atomic E-state index is 1.22. The van der Waals surface area contributed by atoms with E-state index in [-0.39, 0.29) is 0 Å². The van der Waals surface area contributed by atoms with Crippen LogP contribution in [0.25, 0.3) is 0 Å². The molecular formula is C7H14N2Se. The second-order valence-electron chi connectivity index (χ2n) is 2.87. The molecule has 0 aromatic carbocycles. The predicted molar refractivity (Wildman–Crippen MR) is 45.3 cm³/mol. The zero-order valence-corrected chi connectivity index (χ0v) is 8.34. The summed E-state index contributed by atoms with van der Waals surface area (Å²) in [5, 5.41) is 0. The molecule has 10 heavy (non-hydrogen) atoms. The Morgan fingerprint density at radius 2 is 1.80 bits per heavy atom. The van der Waals surface area contributed by atoms with Crippen LogP contribution in [0.5, 0.6) is 0 Å². The Morgan fingerprint density at radius 3 is 2.20 bits per heavy atom. The van der Waals surface area contributed by atoms with Gasteiger partial charge in [-0.3, -0.25) is 0 Å². The molecular weight excluding hydrogens is 191 g/mol. The summed E-state index contributed by atoms with van der Waals surface area (Å²) in [7, 11) is 4.15. The molecule has 3 heteroatoms. The molecule has 1 aliphatic rings. The Kier molecular flexibility index (Phi) is 2.75. The molecule has 0 aromatic heterocycles. The third-order valence-electron chi connectivity index (χ3n) is 1.76. The van der Waals surface area contributed by atoms with Gasteiger partial charge in [-0.15, -0.1) is 0 Å². The van der Waals surface area contributed by atoms with Crippen molar-refractivity contribution in [3.8, 4) is 0 Å². The van der Waals surface area contributed by atoms with Gasteiger partial charge in [0.25, 0.3) is 0 Å². The summed E-state index contributed by atoms with van der Waals surface area (Å²) in [6.07, 6.45) is 2.69. The normalized spacial score (nSPS) is 17.6. The van der Waals surface area contributed by atoms with E-state index in [9.17, 15) is 0 Å². The Hall–Kier alpha value is -0.0105. The number of likely N-dealkylation sites (tertiary alicyclic amines) is 1. The first-order valence-electron chi connectivity index (χ1n) is 3.68. The van der Waals surface area contributed by atoms with Crippen molar-refractivity contribution in [1.29, 1.82) is 0 Å². The number of hydrogen-bond acceptors (Lipinski definition) is 2. The maximum absolute atomic E-state index is 3.09. The molecule has 0 amide bonds. The van der Waals surface area contributed by atoms with Crippen molar-refractivity contribution in [2.75, 3.05) is 27.2 Å². The first-order valence-corrected chi connectivity index (χ1v) is 4.53. The van der Waals surface area contributed by atoms with E-state index >= 15 is 0 Å². The monoisotopic (exact) mass is 206 g/mol. The molecule has 0 aliphatic carbocycles. The molecule has 1 aliphatic heterocycles. The van der Waals surface area contributed by atoms with Crippen LogP contribution in [-0.2, 0) is 0 Å². The van der Waals surface area contributed by atoms with Crippen LogP contribution in [0, 0.1) is 0 Å². The zero-order valence-electron chi connectivity index (χ0n) is 6.63. The fourth-order valence-electron chi connectivity index (χ4n) is 1.19. The van der Waals surface area contributed by atoms with Crippen LogP contribution in [-0.4, -0.2) is 57.2 Å². The van der Waals surface area contributed by atoms with Gasteiger partial charge in [0.05, 0.1) is 0 Å². The SMILES string of the molecule is CN(C)C(=[Se])N1CCCC1. The molecule has 1 fully saturated rings. The Bertz CT molecular complexity index is 128. The summed E-state index contributed by atoms with van der Waals surface area (Å²) >= 11 is 3.09. The van der Waals surface area contributed by atoms with Crippen molar-refractivity contribution in [2.24, 2.45) is 0 Å². The minimum atomic E-state index is 1.22. The van der Waals surface area contributed by atoms with Crippen molar-refractivity contribution in [1.82, 2.24) is 9.80 Å². The zero-order chi connectivity index (χ0) is 7.56. The fraction of sp³-hybridized carbons (Fsp3) is 0.857. The van der Waals surface area contributed by atoms with Crippen LogP contribution in [0.3, 0.4) is 0 Å². The van der Waals surface area contributed by atoms with Gasteiger partial charge in [0, 0.05) is 0 Å². The molecule has 0 bridgehead atoms. The molecule has 0 unspecified atom stereocenters. The molecule has 58 valence electrons. The predicted octanol–water partition coefficient (Wildman–Crippen LogP) is -0.100. The molecule has 0 atom stereocenters. The van der Waals surface area contributed by atoms with Gasteiger partial charge in [0.15, 0.2) is 0 Å². The van der Waals surface area contributed by atoms with Crippen molar-refractivity contribution in [3.63, 3.8) is 0 Å². The van der Waals surface area contributed by atoms with E-state index in [4.69, 9.17) is 0 Å². The van der Waals surface area contributed by atoms with Gasteiger partial charge in [-0.2, -0.15) is 0 Å². The second-order valence-corrected chi connectivity index (χ2v) is 3.64. The summed E-state index contributed by atoms with van der Waals surface area (Å²) in [4.78, 5) is 4.52. The van der Waals surface area contributed by atoms with Crippen LogP contribution in [0.4, 0.5) is 0 Å². The summed E-state index contributed by atoms with van der Waals surface area (Å²) < 4.78 is 1.28. The molecule has 1 rings (SSSR count). The summed E-state index contributed by atoms with van der Waals surface area (Å²) in [6.45, 7) is 2.45. The first kappa shape index (κ1) is 8.09. The Labute approximate surface area is 70.5 Å². The van der Waals surface area contributed by atoms with Gasteiger partial charge in [-0.25, -0.2) is 0 Å². The molecule has 0 aromatic rings. The van der Waals surface area contributed by atoms with E-state index in [1.54, 1.807) is 0 Å². The van der Waals surface area contributed by atoms with Gasteiger partial charge < -0.3 is 0 Å². The van der Waals surface area contributed by atoms with Crippen LogP contribution < -0.4 is 0 Å². The molecule has 0 radical (unpaired) electrons. The summed E-state index contributed by atoms with van der Waals surface area (Å²) in [5.41, 5.74) is 0. The third-order valence-corrected chi connectivity index (χ3v) is 3.07. The van der Waals surface area contributed by atoms with Crippen LogP contribution in [0.1, 0.15) is 12.8 Å². The van der Waals surface area contributed by atoms with Crippen LogP contribution >= 0.6 is 0 Å². The number of nitrogens with zero attached hydrogens (tertiary/aromatic N) is 2. The van der Waals surface area contributed by atoms with Gasteiger partial charge in [-0.05, 0) is 0 Å². The van der Waals surface area contributed by atoms with E-state index < -0.39 is 0 Å². The molecule has 1 saturated heterocycles. The Morgan fingerprint density at radius 1 is 1.30 bits per heavy atom. The van der Waals surface area contributed by atoms with Crippen molar-refractivity contribution in [3.05, 3.63) is 0 Å². The van der Waals surface area contributed by atoms with Crippen LogP contribution in [0.15, 0.2) is 0 Å². The summed E-state index contributed by atoms with van der Waals surface area (Å²) in [5.74, 6) is 0. The summed E-state index contributed by atoms with van der Waals surface area (Å²) in [6, 6.07) is 0. The van der Waals surface area contributed by atoms with Gasteiger partial charge in [0.2, 0.25) is 0 Å². The number of hydrogen-bond donors (Lipinski definition) is 0. The average Bonchev–Trinajstić information content (AvgIpc) is 2.36. The standard InChI is InChI=1S/C7H14N2Se/c1-8(2)7(10)9-5-3-4-6-9/h3-6H2,1-2H3. The van der Waals surface area contributed by atoms with E-state index in [1.165, 1.54) is 30.6 Å². The van der Waals surface area contributed by atoms with E-state index in [2.05, 4.69) is 39.5 Å². The van der Waals surface area contributed by atoms with Crippen LogP contribution in [0.2, 0.25) is 0 Å². The molecule has 1 heterocycles. The average molecular weight is 205 g/mol. The second kappa shape index (κ2) is 3.40. The van der Waals surface area contributed by atoms with Crippen molar-refractivity contribution < 1.29 is 0 Å². The third kappa shape index (κ3) is 1.74. The van der Waals surface area contributed by atoms with E-state index in [1.807, 2.05) is 0 Å². The van der Waals surface area contributed by atoms with Crippen molar-refractivity contribution in [2.45, 2.75) is 12.8 Å². The van der Waals surface area contributed by atoms with Crippen molar-refractivity contribution >= 4 is 20.2 Å². The first-order chi connectivity index (χ1) is 4.72.